The van der Waals surface area contributed by atoms with Gasteiger partial charge in [-0.05, 0) is 58.4 Å². The van der Waals surface area contributed by atoms with Gasteiger partial charge in [0.1, 0.15) is 11.5 Å². The second kappa shape index (κ2) is 12.2. The summed E-state index contributed by atoms with van der Waals surface area (Å²) in [6, 6.07) is 30.8. The van der Waals surface area contributed by atoms with Crippen molar-refractivity contribution in [1.29, 1.82) is 0 Å². The van der Waals surface area contributed by atoms with Gasteiger partial charge in [-0.1, -0.05) is 97.1 Å². The Morgan fingerprint density at radius 1 is 0.585 bits per heavy atom. The Kier molecular flexibility index (Phi) is 8.85. The van der Waals surface area contributed by atoms with E-state index in [-0.39, 0.29) is 11.5 Å². The second-order valence-electron chi connectivity index (χ2n) is 9.69. The molecule has 0 aliphatic carbocycles. The van der Waals surface area contributed by atoms with E-state index in [0.29, 0.717) is 24.0 Å². The lowest BCUT2D eigenvalue weighted by atomic mass is 9.64. The maximum atomic E-state index is 12.0. The highest BCUT2D eigenvalue weighted by molar-refractivity contribution is 7.86. The minimum atomic E-state index is -3.76. The Bertz CT molecular complexity index is 1630. The molecule has 212 valence electrons. The van der Waals surface area contributed by atoms with E-state index in [2.05, 4.69) is 13.2 Å². The van der Waals surface area contributed by atoms with E-state index in [0.717, 1.165) is 34.8 Å². The van der Waals surface area contributed by atoms with Crippen LogP contribution in [0.15, 0.2) is 122 Å². The summed E-state index contributed by atoms with van der Waals surface area (Å²) in [6.07, 6.45) is 6.17. The van der Waals surface area contributed by atoms with Gasteiger partial charge in [-0.25, -0.2) is 0 Å². The second-order valence-corrected chi connectivity index (χ2v) is 12.8. The fraction of sp³-hybridized carbons (Fsp3) is 0.152. The van der Waals surface area contributed by atoms with Crippen LogP contribution in [0, 0.1) is 0 Å². The van der Waals surface area contributed by atoms with Crippen LogP contribution in [0.5, 0.6) is 11.5 Å². The molecular weight excluding hydrogens is 556 g/mol. The molecule has 4 aromatic rings. The fourth-order valence-electron chi connectivity index (χ4n) is 5.12. The maximum Gasteiger partial charge on any atom is 0.306 e. The summed E-state index contributed by atoms with van der Waals surface area (Å²) >= 11 is 0. The van der Waals surface area contributed by atoms with Crippen LogP contribution in [0.3, 0.4) is 0 Å². The molecule has 0 bridgehead atoms. The molecule has 0 amide bonds. The quantitative estimate of drug-likeness (QED) is 0.111. The minimum absolute atomic E-state index is 0.232. The molecule has 0 heterocycles. The van der Waals surface area contributed by atoms with Crippen molar-refractivity contribution < 1.29 is 25.2 Å². The molecule has 0 fully saturated rings. The highest BCUT2D eigenvalue weighted by Gasteiger charge is 2.39. The first-order valence-corrected chi connectivity index (χ1v) is 16.5. The Morgan fingerprint density at radius 3 is 1.27 bits per heavy atom. The monoisotopic (exact) mass is 588 g/mol. The van der Waals surface area contributed by atoms with Crippen LogP contribution in [-0.4, -0.2) is 29.3 Å². The lowest BCUT2D eigenvalue weighted by molar-refractivity contribution is 0.488. The first kappa shape index (κ1) is 29.8. The van der Waals surface area contributed by atoms with Crippen LogP contribution in [0.1, 0.15) is 33.4 Å². The van der Waals surface area contributed by atoms with E-state index >= 15 is 0 Å². The van der Waals surface area contributed by atoms with Gasteiger partial charge in [-0.2, -0.15) is 16.8 Å². The third kappa shape index (κ3) is 6.78. The molecule has 0 saturated carbocycles. The van der Waals surface area contributed by atoms with Gasteiger partial charge in [0.25, 0.3) is 0 Å². The number of hydrogen-bond acceptors (Lipinski definition) is 6. The third-order valence-electron chi connectivity index (χ3n) is 6.61. The minimum Gasteiger partial charge on any atom is -0.382 e. The highest BCUT2D eigenvalue weighted by atomic mass is 32.2. The number of allylic oxidation sites excluding steroid dienone is 2. The normalized spacial score (nSPS) is 12.0. The molecule has 0 radical (unpaired) electrons. The molecule has 8 heteroatoms. The molecular formula is C33H32O6S2. The highest BCUT2D eigenvalue weighted by Crippen LogP contribution is 2.47. The third-order valence-corrected chi connectivity index (χ3v) is 7.58. The maximum absolute atomic E-state index is 12.0. The first-order valence-electron chi connectivity index (χ1n) is 12.9. The van der Waals surface area contributed by atoms with Crippen LogP contribution in [0.25, 0.3) is 0 Å². The molecule has 41 heavy (non-hydrogen) atoms. The molecule has 0 spiro atoms. The predicted octanol–water partition coefficient (Wildman–Crippen LogP) is 6.20. The molecule has 4 rings (SSSR count). The van der Waals surface area contributed by atoms with E-state index in [1.807, 2.05) is 84.9 Å². The van der Waals surface area contributed by atoms with Crippen molar-refractivity contribution in [2.24, 2.45) is 0 Å². The van der Waals surface area contributed by atoms with Gasteiger partial charge >= 0.3 is 20.2 Å². The van der Waals surface area contributed by atoms with Crippen molar-refractivity contribution in [1.82, 2.24) is 0 Å². The Morgan fingerprint density at radius 2 is 0.951 bits per heavy atom. The number of hydrogen-bond donors (Lipinski definition) is 0. The molecule has 0 unspecified atom stereocenters. The summed E-state index contributed by atoms with van der Waals surface area (Å²) in [4.78, 5) is 0. The molecule has 0 aliphatic rings. The smallest absolute Gasteiger partial charge is 0.306 e. The van der Waals surface area contributed by atoms with Crippen molar-refractivity contribution in [3.8, 4) is 11.5 Å². The average Bonchev–Trinajstić information content (AvgIpc) is 2.92. The van der Waals surface area contributed by atoms with E-state index in [1.165, 1.54) is 0 Å². The van der Waals surface area contributed by atoms with Gasteiger partial charge in [0.2, 0.25) is 0 Å². The molecule has 0 aromatic heterocycles. The van der Waals surface area contributed by atoms with E-state index in [9.17, 15) is 16.8 Å². The zero-order chi connectivity index (χ0) is 29.7. The standard InChI is InChI=1S/C33H32O6S2/c1-5-13-25-23-29(19-21-31(25)38-40(3,34)35)33(27-15-9-7-10-16-27,28-17-11-8-12-18-28)30-20-22-32(39-41(4,36)37)26(24-30)14-6-2/h5-12,15-24H,1-2,13-14H2,3-4H3. The van der Waals surface area contributed by atoms with Crippen LogP contribution in [-0.2, 0) is 38.5 Å². The Labute approximate surface area is 242 Å². The van der Waals surface area contributed by atoms with Crippen molar-refractivity contribution in [3.05, 3.63) is 156 Å². The SMILES string of the molecule is C=CCc1cc(C(c2ccccc2)(c2ccccc2)c2ccc(OS(C)(=O)=O)c(CC=C)c2)ccc1OS(C)(=O)=O. The van der Waals surface area contributed by atoms with Gasteiger partial charge in [-0.15, -0.1) is 13.2 Å². The Hall–Kier alpha value is -4.14. The van der Waals surface area contributed by atoms with Crippen LogP contribution in [0.2, 0.25) is 0 Å². The largest absolute Gasteiger partial charge is 0.382 e. The van der Waals surface area contributed by atoms with E-state index in [4.69, 9.17) is 8.37 Å². The summed E-state index contributed by atoms with van der Waals surface area (Å²) < 4.78 is 58.7. The Balaban J connectivity index is 2.12. The molecule has 6 nitrogen and oxygen atoms in total. The number of benzene rings is 4. The molecule has 0 N–H and O–H groups in total. The predicted molar refractivity (Wildman–Crippen MR) is 163 cm³/mol. The summed E-state index contributed by atoms with van der Waals surface area (Å²) in [5.74, 6) is 0.464. The lowest BCUT2D eigenvalue weighted by Gasteiger charge is -2.37. The molecule has 4 aromatic carbocycles. The topological polar surface area (TPSA) is 86.7 Å². The van der Waals surface area contributed by atoms with Crippen LogP contribution < -0.4 is 8.37 Å². The summed E-state index contributed by atoms with van der Waals surface area (Å²) in [6.45, 7) is 7.71. The van der Waals surface area contributed by atoms with Crippen molar-refractivity contribution in [3.63, 3.8) is 0 Å². The summed E-state index contributed by atoms with van der Waals surface area (Å²) in [7, 11) is -7.52. The average molecular weight is 589 g/mol. The zero-order valence-corrected chi connectivity index (χ0v) is 24.6. The fourth-order valence-corrected chi connectivity index (χ4v) is 6.10. The molecule has 0 atom stereocenters. The summed E-state index contributed by atoms with van der Waals surface area (Å²) in [5, 5.41) is 0. The van der Waals surface area contributed by atoms with E-state index in [1.54, 1.807) is 24.3 Å². The van der Waals surface area contributed by atoms with E-state index < -0.39 is 25.7 Å². The first-order chi connectivity index (χ1) is 19.5. The van der Waals surface area contributed by atoms with Gasteiger partial charge < -0.3 is 8.37 Å². The molecule has 0 aliphatic heterocycles. The van der Waals surface area contributed by atoms with Gasteiger partial charge in [0, 0.05) is 0 Å². The van der Waals surface area contributed by atoms with Gasteiger partial charge in [0.05, 0.1) is 17.9 Å². The van der Waals surface area contributed by atoms with Gasteiger partial charge in [-0.3, -0.25) is 0 Å². The lowest BCUT2D eigenvalue weighted by Crippen LogP contribution is -2.31. The van der Waals surface area contributed by atoms with Crippen LogP contribution in [0.4, 0.5) is 0 Å². The summed E-state index contributed by atoms with van der Waals surface area (Å²) in [5.41, 5.74) is 4.04. The van der Waals surface area contributed by atoms with Crippen molar-refractivity contribution >= 4 is 20.2 Å². The zero-order valence-electron chi connectivity index (χ0n) is 23.0. The van der Waals surface area contributed by atoms with Crippen molar-refractivity contribution in [2.75, 3.05) is 12.5 Å². The van der Waals surface area contributed by atoms with Gasteiger partial charge in [0.15, 0.2) is 0 Å². The molecule has 0 saturated heterocycles. The van der Waals surface area contributed by atoms with Crippen molar-refractivity contribution in [2.45, 2.75) is 18.3 Å². The number of rotatable bonds is 12. The van der Waals surface area contributed by atoms with Crippen LogP contribution >= 0.6 is 0 Å².